The van der Waals surface area contributed by atoms with Crippen molar-refractivity contribution in [3.05, 3.63) is 59.8 Å². The topological polar surface area (TPSA) is 79.5 Å². The molecule has 0 saturated heterocycles. The van der Waals surface area contributed by atoms with E-state index < -0.39 is 0 Å². The molecule has 0 aliphatic carbocycles. The van der Waals surface area contributed by atoms with Crippen LogP contribution in [-0.4, -0.2) is 41.3 Å². The van der Waals surface area contributed by atoms with E-state index in [2.05, 4.69) is 15.5 Å². The number of carbonyl (C=O) groups is 1. The summed E-state index contributed by atoms with van der Waals surface area (Å²) in [5.74, 6) is 1.43. The van der Waals surface area contributed by atoms with E-state index in [9.17, 15) is 4.79 Å². The fourth-order valence-electron chi connectivity index (χ4n) is 3.57. The average Bonchev–Trinajstić information content (AvgIpc) is 3.20. The molecule has 0 radical (unpaired) electrons. The van der Waals surface area contributed by atoms with Crippen molar-refractivity contribution in [2.24, 2.45) is 0 Å². The zero-order valence-corrected chi connectivity index (χ0v) is 14.7. The molecule has 0 fully saturated rings. The molecule has 1 unspecified atom stereocenters. The highest BCUT2D eigenvalue weighted by atomic mass is 16.6. The lowest BCUT2D eigenvalue weighted by molar-refractivity contribution is 0.0736. The van der Waals surface area contributed by atoms with Crippen molar-refractivity contribution in [3.63, 3.8) is 0 Å². The number of hydrogen-bond donors (Lipinski definition) is 2. The predicted octanol–water partition coefficient (Wildman–Crippen LogP) is 3.04. The lowest BCUT2D eigenvalue weighted by Gasteiger charge is -2.35. The van der Waals surface area contributed by atoms with E-state index in [0.29, 0.717) is 24.5 Å². The first-order valence-corrected chi connectivity index (χ1v) is 8.78. The van der Waals surface area contributed by atoms with Crippen molar-refractivity contribution in [2.45, 2.75) is 6.17 Å². The van der Waals surface area contributed by atoms with E-state index in [1.54, 1.807) is 18.1 Å². The summed E-state index contributed by atoms with van der Waals surface area (Å²) >= 11 is 0. The van der Waals surface area contributed by atoms with E-state index in [4.69, 9.17) is 9.47 Å². The van der Waals surface area contributed by atoms with Crippen molar-refractivity contribution in [2.75, 3.05) is 25.6 Å². The van der Waals surface area contributed by atoms with Crippen LogP contribution < -0.4 is 14.8 Å². The first-order chi connectivity index (χ1) is 13.2. The molecule has 0 saturated carbocycles. The van der Waals surface area contributed by atoms with Gasteiger partial charge in [-0.1, -0.05) is 12.1 Å². The number of amides is 1. The zero-order chi connectivity index (χ0) is 18.4. The van der Waals surface area contributed by atoms with Crippen molar-refractivity contribution >= 4 is 11.6 Å². The first kappa shape index (κ1) is 15.7. The van der Waals surface area contributed by atoms with Crippen LogP contribution in [0.15, 0.2) is 48.7 Å². The Balaban J connectivity index is 1.55. The van der Waals surface area contributed by atoms with Gasteiger partial charge in [-0.2, -0.15) is 5.10 Å². The molecule has 1 atom stereocenters. The van der Waals surface area contributed by atoms with Gasteiger partial charge in [0.1, 0.15) is 19.4 Å². The number of nitrogens with one attached hydrogen (secondary N) is 2. The van der Waals surface area contributed by atoms with Crippen LogP contribution in [0.5, 0.6) is 11.5 Å². The zero-order valence-electron chi connectivity index (χ0n) is 14.7. The minimum atomic E-state index is -0.325. The van der Waals surface area contributed by atoms with Crippen molar-refractivity contribution < 1.29 is 14.3 Å². The smallest absolute Gasteiger partial charge is 0.257 e. The van der Waals surface area contributed by atoms with Crippen LogP contribution in [0.1, 0.15) is 22.1 Å². The van der Waals surface area contributed by atoms with Gasteiger partial charge < -0.3 is 19.7 Å². The normalized spacial score (nSPS) is 18.0. The Labute approximate surface area is 155 Å². The number of hydrogen-bond acceptors (Lipinski definition) is 5. The summed E-state index contributed by atoms with van der Waals surface area (Å²) in [5.41, 5.74) is 4.13. The maximum absolute atomic E-state index is 12.8. The van der Waals surface area contributed by atoms with Crippen LogP contribution in [0.25, 0.3) is 11.3 Å². The highest BCUT2D eigenvalue weighted by Gasteiger charge is 2.32. The van der Waals surface area contributed by atoms with Gasteiger partial charge in [-0.25, -0.2) is 0 Å². The van der Waals surface area contributed by atoms with E-state index in [-0.39, 0.29) is 12.1 Å². The third-order valence-corrected chi connectivity index (χ3v) is 4.95. The van der Waals surface area contributed by atoms with E-state index in [0.717, 1.165) is 28.3 Å². The summed E-state index contributed by atoms with van der Waals surface area (Å²) in [7, 11) is 1.79. The van der Waals surface area contributed by atoms with Gasteiger partial charge in [-0.15, -0.1) is 0 Å². The monoisotopic (exact) mass is 362 g/mol. The van der Waals surface area contributed by atoms with E-state index in [1.807, 2.05) is 42.5 Å². The second-order valence-corrected chi connectivity index (χ2v) is 6.57. The number of para-hydroxylation sites is 1. The van der Waals surface area contributed by atoms with Crippen LogP contribution in [0.2, 0.25) is 0 Å². The van der Waals surface area contributed by atoms with Gasteiger partial charge >= 0.3 is 0 Å². The number of H-pyrrole nitrogens is 1. The van der Waals surface area contributed by atoms with Gasteiger partial charge in [-0.3, -0.25) is 9.89 Å². The number of rotatable bonds is 2. The van der Waals surface area contributed by atoms with Gasteiger partial charge in [0.25, 0.3) is 5.91 Å². The summed E-state index contributed by atoms with van der Waals surface area (Å²) in [5, 5.41) is 10.7. The molecule has 2 aliphatic rings. The van der Waals surface area contributed by atoms with Crippen molar-refractivity contribution in [1.82, 2.24) is 15.1 Å². The van der Waals surface area contributed by atoms with Gasteiger partial charge in [0.05, 0.1) is 17.5 Å². The number of anilines is 1. The predicted molar refractivity (Wildman–Crippen MR) is 99.9 cm³/mol. The fourth-order valence-corrected chi connectivity index (χ4v) is 3.57. The molecular weight excluding hydrogens is 344 g/mol. The first-order valence-electron chi connectivity index (χ1n) is 8.78. The Hall–Kier alpha value is -3.48. The quantitative estimate of drug-likeness (QED) is 0.732. The van der Waals surface area contributed by atoms with Crippen molar-refractivity contribution in [3.8, 4) is 22.8 Å². The maximum atomic E-state index is 12.8. The van der Waals surface area contributed by atoms with E-state index >= 15 is 0 Å². The summed E-state index contributed by atoms with van der Waals surface area (Å²) in [4.78, 5) is 14.5. The molecule has 1 aromatic heterocycles. The van der Waals surface area contributed by atoms with Crippen LogP contribution in [0.4, 0.5) is 5.69 Å². The number of ether oxygens (including phenoxy) is 2. The molecule has 1 amide bonds. The summed E-state index contributed by atoms with van der Waals surface area (Å²) < 4.78 is 11.3. The van der Waals surface area contributed by atoms with Crippen LogP contribution in [0.3, 0.4) is 0 Å². The van der Waals surface area contributed by atoms with Crippen LogP contribution >= 0.6 is 0 Å². The van der Waals surface area contributed by atoms with Gasteiger partial charge in [-0.05, 0) is 30.3 Å². The minimum absolute atomic E-state index is 0.0244. The lowest BCUT2D eigenvalue weighted by atomic mass is 10.0. The molecule has 27 heavy (non-hydrogen) atoms. The second kappa shape index (κ2) is 6.05. The van der Waals surface area contributed by atoms with Gasteiger partial charge in [0.15, 0.2) is 11.5 Å². The highest BCUT2D eigenvalue weighted by molar-refractivity contribution is 6.01. The second-order valence-electron chi connectivity index (χ2n) is 6.57. The number of nitrogens with zero attached hydrogens (tertiary/aromatic N) is 2. The molecule has 2 aliphatic heterocycles. The van der Waals surface area contributed by atoms with Gasteiger partial charge in [0, 0.05) is 23.9 Å². The Bertz CT molecular complexity index is 1030. The number of carbonyl (C=O) groups excluding carboxylic acids is 1. The Morgan fingerprint density at radius 1 is 1.11 bits per heavy atom. The number of aromatic amines is 1. The number of fused-ring (bicyclic) bond motifs is 2. The molecule has 7 nitrogen and oxygen atoms in total. The molecule has 136 valence electrons. The molecule has 2 aromatic carbocycles. The minimum Gasteiger partial charge on any atom is -0.486 e. The largest absolute Gasteiger partial charge is 0.486 e. The molecular formula is C20H18N4O3. The standard InChI is InChI=1S/C20H18N4O3/c1-24-19(22-15-5-3-2-4-13(15)20(24)25)14-11-21-23-18(14)12-6-7-16-17(10-12)27-9-8-26-16/h2-7,10-11,19,22H,8-9H2,1H3,(H,21,23). The molecule has 0 bridgehead atoms. The Kier molecular flexibility index (Phi) is 3.53. The maximum Gasteiger partial charge on any atom is 0.257 e. The van der Waals surface area contributed by atoms with Crippen LogP contribution in [-0.2, 0) is 0 Å². The molecule has 3 heterocycles. The SMILES string of the molecule is CN1C(=O)c2ccccc2NC1c1cn[nH]c1-c1ccc2c(c1)OCCO2. The number of aromatic nitrogens is 2. The number of benzene rings is 2. The third kappa shape index (κ3) is 2.51. The van der Waals surface area contributed by atoms with Crippen LogP contribution in [0, 0.1) is 0 Å². The molecule has 5 rings (SSSR count). The average molecular weight is 362 g/mol. The summed E-state index contributed by atoms with van der Waals surface area (Å²) in [6, 6.07) is 13.3. The molecule has 0 spiro atoms. The summed E-state index contributed by atoms with van der Waals surface area (Å²) in [6.07, 6.45) is 1.43. The Morgan fingerprint density at radius 3 is 2.81 bits per heavy atom. The Morgan fingerprint density at radius 2 is 1.93 bits per heavy atom. The molecule has 7 heteroatoms. The van der Waals surface area contributed by atoms with Crippen molar-refractivity contribution in [1.29, 1.82) is 0 Å². The van der Waals surface area contributed by atoms with E-state index in [1.165, 1.54) is 0 Å². The third-order valence-electron chi connectivity index (χ3n) is 4.95. The highest BCUT2D eigenvalue weighted by Crippen LogP contribution is 2.38. The fraction of sp³-hybridized carbons (Fsp3) is 0.200. The lowest BCUT2D eigenvalue weighted by Crippen LogP contribution is -2.40. The van der Waals surface area contributed by atoms with Gasteiger partial charge in [0.2, 0.25) is 0 Å². The molecule has 2 N–H and O–H groups in total. The summed E-state index contributed by atoms with van der Waals surface area (Å²) in [6.45, 7) is 1.09. The molecule has 3 aromatic rings.